The van der Waals surface area contributed by atoms with Crippen LogP contribution in [0.25, 0.3) is 0 Å². The topological polar surface area (TPSA) is 61.3 Å². The quantitative estimate of drug-likeness (QED) is 0.602. The van der Waals surface area contributed by atoms with E-state index in [1.807, 2.05) is 12.1 Å². The molecule has 26 heavy (non-hydrogen) atoms. The van der Waals surface area contributed by atoms with E-state index >= 15 is 0 Å². The average Bonchev–Trinajstić information content (AvgIpc) is 2.63. The molecule has 0 bridgehead atoms. The summed E-state index contributed by atoms with van der Waals surface area (Å²) in [4.78, 5) is 0. The molecule has 140 valence electrons. The minimum atomic E-state index is -0.187. The molecule has 0 radical (unpaired) electrons. The summed E-state index contributed by atoms with van der Waals surface area (Å²) < 4.78 is 20.4. The van der Waals surface area contributed by atoms with Crippen molar-refractivity contribution in [1.82, 2.24) is 0 Å². The number of unbranched alkanes of at least 4 members (excludes halogenated alkanes) is 1. The number of anilines is 2. The number of hydrogen-bond acceptors (Lipinski definition) is 3. The molecule has 1 saturated carbocycles. The molecule has 0 aromatic heterocycles. The van der Waals surface area contributed by atoms with Gasteiger partial charge < -0.3 is 16.2 Å². The van der Waals surface area contributed by atoms with Crippen LogP contribution in [0.1, 0.15) is 63.4 Å². The lowest BCUT2D eigenvalue weighted by molar-refractivity contribution is 0.300. The summed E-state index contributed by atoms with van der Waals surface area (Å²) in [5.41, 5.74) is 13.4. The second kappa shape index (κ2) is 8.43. The molecule has 1 fully saturated rings. The molecule has 3 rings (SSSR count). The number of rotatable bonds is 6. The van der Waals surface area contributed by atoms with Crippen molar-refractivity contribution in [3.05, 3.63) is 47.8 Å². The summed E-state index contributed by atoms with van der Waals surface area (Å²) in [6, 6.07) is 10.2. The van der Waals surface area contributed by atoms with Crippen LogP contribution < -0.4 is 16.2 Å². The molecule has 2 aromatic carbocycles. The van der Waals surface area contributed by atoms with Crippen molar-refractivity contribution in [2.75, 3.05) is 11.5 Å². The van der Waals surface area contributed by atoms with Crippen LogP contribution in [0, 0.1) is 11.7 Å². The van der Waals surface area contributed by atoms with Crippen molar-refractivity contribution >= 4 is 11.4 Å². The van der Waals surface area contributed by atoms with Crippen LogP contribution in [0.5, 0.6) is 11.5 Å². The van der Waals surface area contributed by atoms with Gasteiger partial charge in [0.15, 0.2) is 0 Å². The zero-order chi connectivity index (χ0) is 18.5. The molecule has 0 saturated heterocycles. The van der Waals surface area contributed by atoms with Gasteiger partial charge in [-0.05, 0) is 67.3 Å². The van der Waals surface area contributed by atoms with Crippen molar-refractivity contribution in [2.24, 2.45) is 5.92 Å². The standard InChI is InChI=1S/C22H29FN2O/c1-2-3-4-15-5-7-16(8-6-15)19-11-10-18(14-20(19)23)26-22-12-9-17(24)13-21(22)25/h9-16H,2-8,24-25H2,1H3. The number of nitrogens with two attached hydrogens (primary N) is 2. The third kappa shape index (κ3) is 4.48. The molecule has 0 unspecified atom stereocenters. The zero-order valence-corrected chi connectivity index (χ0v) is 15.5. The van der Waals surface area contributed by atoms with Crippen molar-refractivity contribution in [1.29, 1.82) is 0 Å². The van der Waals surface area contributed by atoms with E-state index in [0.717, 1.165) is 24.3 Å². The minimum absolute atomic E-state index is 0.187. The molecule has 1 aliphatic carbocycles. The third-order valence-electron chi connectivity index (χ3n) is 5.49. The third-order valence-corrected chi connectivity index (χ3v) is 5.49. The van der Waals surface area contributed by atoms with Gasteiger partial charge in [-0.25, -0.2) is 4.39 Å². The van der Waals surface area contributed by atoms with Gasteiger partial charge in [0.2, 0.25) is 0 Å². The fraction of sp³-hybridized carbons (Fsp3) is 0.455. The molecule has 2 aromatic rings. The van der Waals surface area contributed by atoms with Crippen molar-refractivity contribution in [2.45, 2.75) is 57.8 Å². The van der Waals surface area contributed by atoms with E-state index in [2.05, 4.69) is 6.92 Å². The SMILES string of the molecule is CCCCC1CCC(c2ccc(Oc3ccc(N)cc3N)cc2F)CC1. The zero-order valence-electron chi connectivity index (χ0n) is 15.5. The van der Waals surface area contributed by atoms with Gasteiger partial charge in [0, 0.05) is 11.8 Å². The highest BCUT2D eigenvalue weighted by molar-refractivity contribution is 5.61. The van der Waals surface area contributed by atoms with Gasteiger partial charge in [0.05, 0.1) is 5.69 Å². The van der Waals surface area contributed by atoms with Gasteiger partial charge in [0.25, 0.3) is 0 Å². The maximum atomic E-state index is 14.7. The molecule has 0 atom stereocenters. The van der Waals surface area contributed by atoms with Crippen LogP contribution in [0.2, 0.25) is 0 Å². The summed E-state index contributed by atoms with van der Waals surface area (Å²) in [5, 5.41) is 0. The van der Waals surface area contributed by atoms with Gasteiger partial charge in [0.1, 0.15) is 17.3 Å². The molecular formula is C22H29FN2O. The molecule has 4 N–H and O–H groups in total. The predicted molar refractivity (Wildman–Crippen MR) is 106 cm³/mol. The van der Waals surface area contributed by atoms with Crippen LogP contribution in [-0.2, 0) is 0 Å². The average molecular weight is 356 g/mol. The lowest BCUT2D eigenvalue weighted by Crippen LogP contribution is -2.14. The van der Waals surface area contributed by atoms with Gasteiger partial charge in [-0.1, -0.05) is 32.3 Å². The first-order valence-electron chi connectivity index (χ1n) is 9.69. The first kappa shape index (κ1) is 18.6. The number of halogens is 1. The van der Waals surface area contributed by atoms with E-state index in [4.69, 9.17) is 16.2 Å². The molecule has 0 heterocycles. The van der Waals surface area contributed by atoms with E-state index in [1.54, 1.807) is 18.2 Å². The minimum Gasteiger partial charge on any atom is -0.455 e. The molecule has 0 amide bonds. The summed E-state index contributed by atoms with van der Waals surface area (Å²) in [5.74, 6) is 1.91. The first-order chi connectivity index (χ1) is 12.6. The van der Waals surface area contributed by atoms with Crippen LogP contribution in [0.4, 0.5) is 15.8 Å². The normalized spacial score (nSPS) is 20.1. The molecule has 1 aliphatic rings. The molecule has 0 aliphatic heterocycles. The number of hydrogen-bond donors (Lipinski definition) is 2. The highest BCUT2D eigenvalue weighted by atomic mass is 19.1. The summed E-state index contributed by atoms with van der Waals surface area (Å²) >= 11 is 0. The number of benzene rings is 2. The fourth-order valence-electron chi connectivity index (χ4n) is 3.94. The second-order valence-corrected chi connectivity index (χ2v) is 7.44. The number of nitrogen functional groups attached to an aromatic ring is 2. The van der Waals surface area contributed by atoms with Gasteiger partial charge in [-0.2, -0.15) is 0 Å². The van der Waals surface area contributed by atoms with Crippen molar-refractivity contribution in [3.63, 3.8) is 0 Å². The maximum Gasteiger partial charge on any atom is 0.150 e. The Bertz CT molecular complexity index is 739. The predicted octanol–water partition coefficient (Wildman–Crippen LogP) is 6.25. The van der Waals surface area contributed by atoms with Gasteiger partial charge in [-0.3, -0.25) is 0 Å². The van der Waals surface area contributed by atoms with E-state index in [0.29, 0.717) is 28.8 Å². The van der Waals surface area contributed by atoms with Gasteiger partial charge >= 0.3 is 0 Å². The maximum absolute atomic E-state index is 14.7. The van der Waals surface area contributed by atoms with Crippen molar-refractivity contribution in [3.8, 4) is 11.5 Å². The van der Waals surface area contributed by atoms with Crippen LogP contribution in [0.3, 0.4) is 0 Å². The lowest BCUT2D eigenvalue weighted by atomic mass is 9.77. The molecule has 3 nitrogen and oxygen atoms in total. The van der Waals surface area contributed by atoms with E-state index < -0.39 is 0 Å². The summed E-state index contributed by atoms with van der Waals surface area (Å²) in [6.07, 6.45) is 8.47. The Morgan fingerprint density at radius 1 is 1.04 bits per heavy atom. The Hall–Kier alpha value is -2.23. The molecular weight excluding hydrogens is 327 g/mol. The highest BCUT2D eigenvalue weighted by Gasteiger charge is 2.24. The van der Waals surface area contributed by atoms with Crippen LogP contribution >= 0.6 is 0 Å². The molecule has 4 heteroatoms. The smallest absolute Gasteiger partial charge is 0.150 e. The molecule has 0 spiro atoms. The number of ether oxygens (including phenoxy) is 1. The Kier molecular flexibility index (Phi) is 6.02. The Balaban J connectivity index is 1.64. The largest absolute Gasteiger partial charge is 0.455 e. The Morgan fingerprint density at radius 2 is 1.81 bits per heavy atom. The van der Waals surface area contributed by atoms with Gasteiger partial charge in [-0.15, -0.1) is 0 Å². The van der Waals surface area contributed by atoms with E-state index in [-0.39, 0.29) is 5.82 Å². The monoisotopic (exact) mass is 356 g/mol. The summed E-state index contributed by atoms with van der Waals surface area (Å²) in [7, 11) is 0. The summed E-state index contributed by atoms with van der Waals surface area (Å²) in [6.45, 7) is 2.24. The highest BCUT2D eigenvalue weighted by Crippen LogP contribution is 2.39. The Morgan fingerprint density at radius 3 is 2.46 bits per heavy atom. The van der Waals surface area contributed by atoms with Crippen LogP contribution in [-0.4, -0.2) is 0 Å². The van der Waals surface area contributed by atoms with E-state index in [9.17, 15) is 4.39 Å². The van der Waals surface area contributed by atoms with Crippen molar-refractivity contribution < 1.29 is 9.13 Å². The fourth-order valence-corrected chi connectivity index (χ4v) is 3.94. The lowest BCUT2D eigenvalue weighted by Gasteiger charge is -2.29. The van der Waals surface area contributed by atoms with E-state index in [1.165, 1.54) is 38.2 Å². The second-order valence-electron chi connectivity index (χ2n) is 7.44. The first-order valence-corrected chi connectivity index (χ1v) is 9.69. The van der Waals surface area contributed by atoms with Crippen LogP contribution in [0.15, 0.2) is 36.4 Å². The Labute approximate surface area is 155 Å².